The number of carbonyl (C=O) groups is 1. The molecule has 1 aliphatic carbocycles. The minimum absolute atomic E-state index is 0.219. The van der Waals surface area contributed by atoms with Crippen molar-refractivity contribution in [1.82, 2.24) is 4.90 Å². The average molecular weight is 358 g/mol. The fourth-order valence-electron chi connectivity index (χ4n) is 2.20. The van der Waals surface area contributed by atoms with Gasteiger partial charge in [-0.05, 0) is 57.7 Å². The number of carbonyl (C=O) groups excluding carboxylic acids is 1. The normalized spacial score (nSPS) is 15.5. The highest BCUT2D eigenvalue weighted by molar-refractivity contribution is 9.10. The standard InChI is InChI=1S/C16H21BrFNO2/c1-16(2,3)21-15(20)19(13-5-4-6-13)10-11-7-8-12(18)9-14(11)17/h7-9,13H,4-6,10H2,1-3H3. The number of ether oxygens (including phenoxy) is 1. The lowest BCUT2D eigenvalue weighted by molar-refractivity contribution is 0.00456. The van der Waals surface area contributed by atoms with Crippen molar-refractivity contribution in [3.63, 3.8) is 0 Å². The number of rotatable bonds is 3. The van der Waals surface area contributed by atoms with E-state index < -0.39 is 5.60 Å². The van der Waals surface area contributed by atoms with E-state index in [4.69, 9.17) is 4.74 Å². The van der Waals surface area contributed by atoms with Crippen LogP contribution in [0, 0.1) is 5.82 Å². The first-order valence-electron chi connectivity index (χ1n) is 7.20. The second-order valence-electron chi connectivity index (χ2n) is 6.43. The van der Waals surface area contributed by atoms with Crippen molar-refractivity contribution >= 4 is 22.0 Å². The molecule has 1 aromatic rings. The van der Waals surface area contributed by atoms with E-state index in [0.29, 0.717) is 11.0 Å². The summed E-state index contributed by atoms with van der Waals surface area (Å²) < 4.78 is 19.3. The van der Waals surface area contributed by atoms with E-state index in [-0.39, 0.29) is 18.0 Å². The smallest absolute Gasteiger partial charge is 0.410 e. The molecule has 116 valence electrons. The van der Waals surface area contributed by atoms with Gasteiger partial charge in [-0.2, -0.15) is 0 Å². The van der Waals surface area contributed by atoms with Gasteiger partial charge in [-0.15, -0.1) is 0 Å². The van der Waals surface area contributed by atoms with Crippen LogP contribution in [-0.4, -0.2) is 22.6 Å². The Morgan fingerprint density at radius 2 is 2.10 bits per heavy atom. The largest absolute Gasteiger partial charge is 0.444 e. The van der Waals surface area contributed by atoms with Crippen LogP contribution in [0.25, 0.3) is 0 Å². The van der Waals surface area contributed by atoms with Gasteiger partial charge in [-0.25, -0.2) is 9.18 Å². The Morgan fingerprint density at radius 3 is 2.57 bits per heavy atom. The molecule has 0 atom stereocenters. The van der Waals surface area contributed by atoms with Crippen LogP contribution in [0.3, 0.4) is 0 Å². The summed E-state index contributed by atoms with van der Waals surface area (Å²) in [7, 11) is 0. The molecule has 5 heteroatoms. The fraction of sp³-hybridized carbons (Fsp3) is 0.562. The SMILES string of the molecule is CC(C)(C)OC(=O)N(Cc1ccc(F)cc1Br)C1CCC1. The number of hydrogen-bond donors (Lipinski definition) is 0. The summed E-state index contributed by atoms with van der Waals surface area (Å²) >= 11 is 3.36. The second-order valence-corrected chi connectivity index (χ2v) is 7.28. The lowest BCUT2D eigenvalue weighted by atomic mass is 9.91. The molecule has 0 aromatic heterocycles. The first-order chi connectivity index (χ1) is 9.76. The first-order valence-corrected chi connectivity index (χ1v) is 7.99. The molecular formula is C16H21BrFNO2. The van der Waals surface area contributed by atoms with Gasteiger partial charge in [0.05, 0.1) is 6.54 Å². The number of hydrogen-bond acceptors (Lipinski definition) is 2. The van der Waals surface area contributed by atoms with E-state index in [1.54, 1.807) is 11.0 Å². The molecule has 0 spiro atoms. The van der Waals surface area contributed by atoms with Gasteiger partial charge >= 0.3 is 6.09 Å². The fourth-order valence-corrected chi connectivity index (χ4v) is 2.67. The van der Waals surface area contributed by atoms with Crippen LogP contribution in [-0.2, 0) is 11.3 Å². The summed E-state index contributed by atoms with van der Waals surface area (Å²) in [6.07, 6.45) is 2.83. The molecule has 1 amide bonds. The Labute approximate surface area is 133 Å². The van der Waals surface area contributed by atoms with Crippen molar-refractivity contribution in [2.45, 2.75) is 58.2 Å². The molecule has 0 heterocycles. The number of benzene rings is 1. The molecular weight excluding hydrogens is 337 g/mol. The first kappa shape index (κ1) is 16.3. The van der Waals surface area contributed by atoms with Gasteiger partial charge in [0.1, 0.15) is 11.4 Å². The zero-order chi connectivity index (χ0) is 15.6. The monoisotopic (exact) mass is 357 g/mol. The molecule has 1 saturated carbocycles. The maximum absolute atomic E-state index is 13.2. The van der Waals surface area contributed by atoms with Crippen molar-refractivity contribution in [3.8, 4) is 0 Å². The van der Waals surface area contributed by atoms with Crippen molar-refractivity contribution in [2.75, 3.05) is 0 Å². The van der Waals surface area contributed by atoms with Gasteiger partial charge in [0, 0.05) is 10.5 Å². The van der Waals surface area contributed by atoms with Gasteiger partial charge in [-0.3, -0.25) is 0 Å². The van der Waals surface area contributed by atoms with Crippen LogP contribution >= 0.6 is 15.9 Å². The molecule has 0 N–H and O–H groups in total. The molecule has 0 radical (unpaired) electrons. The van der Waals surface area contributed by atoms with E-state index in [9.17, 15) is 9.18 Å². The molecule has 0 saturated heterocycles. The molecule has 21 heavy (non-hydrogen) atoms. The highest BCUT2D eigenvalue weighted by Crippen LogP contribution is 2.29. The van der Waals surface area contributed by atoms with E-state index in [1.807, 2.05) is 20.8 Å². The molecule has 1 aliphatic rings. The van der Waals surface area contributed by atoms with Gasteiger partial charge in [0.15, 0.2) is 0 Å². The highest BCUT2D eigenvalue weighted by Gasteiger charge is 2.32. The van der Waals surface area contributed by atoms with Crippen molar-refractivity contribution in [3.05, 3.63) is 34.1 Å². The molecule has 1 fully saturated rings. The molecule has 1 aromatic carbocycles. The van der Waals surface area contributed by atoms with Crippen LogP contribution in [0.4, 0.5) is 9.18 Å². The minimum Gasteiger partial charge on any atom is -0.444 e. The summed E-state index contributed by atoms with van der Waals surface area (Å²) in [5.74, 6) is -0.293. The third kappa shape index (κ3) is 4.43. The Kier molecular flexibility index (Phi) is 4.91. The van der Waals surface area contributed by atoms with Crippen LogP contribution in [0.15, 0.2) is 22.7 Å². The summed E-state index contributed by atoms with van der Waals surface area (Å²) in [5, 5.41) is 0. The second kappa shape index (κ2) is 6.34. The lowest BCUT2D eigenvalue weighted by Gasteiger charge is -2.38. The van der Waals surface area contributed by atoms with Crippen LogP contribution in [0.2, 0.25) is 0 Å². The zero-order valence-electron chi connectivity index (χ0n) is 12.7. The third-order valence-corrected chi connectivity index (χ3v) is 4.24. The summed E-state index contributed by atoms with van der Waals surface area (Å²) in [5.41, 5.74) is 0.369. The van der Waals surface area contributed by atoms with Gasteiger partial charge in [0.25, 0.3) is 0 Å². The summed E-state index contributed by atoms with van der Waals surface area (Å²) in [6.45, 7) is 6.01. The highest BCUT2D eigenvalue weighted by atomic mass is 79.9. The van der Waals surface area contributed by atoms with Gasteiger partial charge in [-0.1, -0.05) is 22.0 Å². The lowest BCUT2D eigenvalue weighted by Crippen LogP contribution is -2.46. The van der Waals surface area contributed by atoms with E-state index in [0.717, 1.165) is 24.8 Å². The average Bonchev–Trinajstić information content (AvgIpc) is 2.26. The zero-order valence-corrected chi connectivity index (χ0v) is 14.2. The Bertz CT molecular complexity index is 523. The van der Waals surface area contributed by atoms with E-state index in [1.165, 1.54) is 12.1 Å². The maximum atomic E-state index is 13.2. The number of nitrogens with zero attached hydrogens (tertiary/aromatic N) is 1. The Morgan fingerprint density at radius 1 is 1.43 bits per heavy atom. The summed E-state index contributed by atoms with van der Waals surface area (Å²) in [6, 6.07) is 4.75. The molecule has 0 unspecified atom stereocenters. The predicted molar refractivity (Wildman–Crippen MR) is 83.5 cm³/mol. The minimum atomic E-state index is -0.515. The number of amides is 1. The molecule has 0 bridgehead atoms. The van der Waals surface area contributed by atoms with E-state index in [2.05, 4.69) is 15.9 Å². The predicted octanol–water partition coefficient (Wildman–Crippen LogP) is 4.88. The van der Waals surface area contributed by atoms with Gasteiger partial charge < -0.3 is 9.64 Å². The van der Waals surface area contributed by atoms with Crippen LogP contribution in [0.5, 0.6) is 0 Å². The third-order valence-electron chi connectivity index (χ3n) is 3.50. The quantitative estimate of drug-likeness (QED) is 0.771. The van der Waals surface area contributed by atoms with Crippen molar-refractivity contribution in [2.24, 2.45) is 0 Å². The van der Waals surface area contributed by atoms with E-state index >= 15 is 0 Å². The van der Waals surface area contributed by atoms with Crippen molar-refractivity contribution < 1.29 is 13.9 Å². The van der Waals surface area contributed by atoms with Crippen LogP contribution in [0.1, 0.15) is 45.6 Å². The van der Waals surface area contributed by atoms with Crippen molar-refractivity contribution in [1.29, 1.82) is 0 Å². The van der Waals surface area contributed by atoms with Crippen LogP contribution < -0.4 is 0 Å². The maximum Gasteiger partial charge on any atom is 0.410 e. The van der Waals surface area contributed by atoms with Gasteiger partial charge in [0.2, 0.25) is 0 Å². The Hall–Kier alpha value is -1.10. The number of halogens is 2. The topological polar surface area (TPSA) is 29.5 Å². The summed E-state index contributed by atoms with van der Waals surface area (Å²) in [4.78, 5) is 14.1. The molecule has 2 rings (SSSR count). The molecule has 0 aliphatic heterocycles. The molecule has 3 nitrogen and oxygen atoms in total. The Balaban J connectivity index is 2.14.